The number of sulfonamides is 1. The molecule has 6 heteroatoms. The molecule has 0 unspecified atom stereocenters. The second kappa shape index (κ2) is 7.59. The Hall–Kier alpha value is -1.89. The average Bonchev–Trinajstić information content (AvgIpc) is 2.60. The van der Waals surface area contributed by atoms with Gasteiger partial charge in [-0.1, -0.05) is 24.3 Å². The van der Waals surface area contributed by atoms with Crippen LogP contribution in [0.4, 0.5) is 0 Å². The predicted octanol–water partition coefficient (Wildman–Crippen LogP) is 2.45. The molecule has 0 saturated heterocycles. The van der Waals surface area contributed by atoms with Gasteiger partial charge >= 0.3 is 0 Å². The summed E-state index contributed by atoms with van der Waals surface area (Å²) in [4.78, 5) is 0.274. The van der Waals surface area contributed by atoms with E-state index >= 15 is 0 Å². The van der Waals surface area contributed by atoms with Crippen LogP contribution < -0.4 is 14.8 Å². The van der Waals surface area contributed by atoms with Crippen LogP contribution in [-0.4, -0.2) is 22.6 Å². The molecular weight excluding hydrogens is 312 g/mol. The quantitative estimate of drug-likeness (QED) is 0.816. The normalized spacial score (nSPS) is 12.8. The summed E-state index contributed by atoms with van der Waals surface area (Å²) in [5.74, 6) is 0.826. The third kappa shape index (κ3) is 4.54. The molecule has 0 amide bonds. The third-order valence-corrected chi connectivity index (χ3v) is 5.12. The standard InChI is InChI=1S/C17H22N2O3S/c1-13(19-12-14-7-9-16(22-3)10-8-14)15-5-4-6-17(11-15)23(20,21)18-2/h4-11,13,18-19H,12H2,1-3H3/t13-/m0/s1. The molecule has 0 bridgehead atoms. The molecule has 2 aromatic rings. The molecule has 0 saturated carbocycles. The second-order valence-corrected chi connectivity index (χ2v) is 7.12. The zero-order valence-corrected chi connectivity index (χ0v) is 14.4. The van der Waals surface area contributed by atoms with Crippen molar-refractivity contribution in [3.05, 3.63) is 59.7 Å². The zero-order valence-electron chi connectivity index (χ0n) is 13.5. The summed E-state index contributed by atoms with van der Waals surface area (Å²) >= 11 is 0. The van der Waals surface area contributed by atoms with Crippen molar-refractivity contribution in [3.63, 3.8) is 0 Å². The Labute approximate surface area is 137 Å². The highest BCUT2D eigenvalue weighted by Gasteiger charge is 2.13. The fourth-order valence-corrected chi connectivity index (χ4v) is 2.99. The molecule has 2 rings (SSSR count). The van der Waals surface area contributed by atoms with Crippen LogP contribution in [0.2, 0.25) is 0 Å². The highest BCUT2D eigenvalue weighted by atomic mass is 32.2. The molecule has 0 heterocycles. The number of hydrogen-bond acceptors (Lipinski definition) is 4. The largest absolute Gasteiger partial charge is 0.497 e. The molecule has 2 N–H and O–H groups in total. The fourth-order valence-electron chi connectivity index (χ4n) is 2.20. The zero-order chi connectivity index (χ0) is 16.9. The molecule has 0 fully saturated rings. The van der Waals surface area contributed by atoms with Crippen molar-refractivity contribution < 1.29 is 13.2 Å². The number of methoxy groups -OCH3 is 1. The first-order chi connectivity index (χ1) is 11.0. The Morgan fingerprint density at radius 1 is 1.13 bits per heavy atom. The molecule has 0 aliphatic rings. The first kappa shape index (κ1) is 17.5. The van der Waals surface area contributed by atoms with Crippen molar-refractivity contribution in [3.8, 4) is 5.75 Å². The lowest BCUT2D eigenvalue weighted by Gasteiger charge is -2.15. The van der Waals surface area contributed by atoms with Crippen molar-refractivity contribution in [1.29, 1.82) is 0 Å². The Morgan fingerprint density at radius 3 is 2.43 bits per heavy atom. The molecule has 0 aliphatic carbocycles. The lowest BCUT2D eigenvalue weighted by Crippen LogP contribution is -2.21. The highest BCUT2D eigenvalue weighted by Crippen LogP contribution is 2.18. The molecular formula is C17H22N2O3S. The summed E-state index contributed by atoms with van der Waals surface area (Å²) < 4.78 is 31.2. The van der Waals surface area contributed by atoms with E-state index in [9.17, 15) is 8.42 Å². The number of benzene rings is 2. The van der Waals surface area contributed by atoms with E-state index in [1.807, 2.05) is 37.3 Å². The molecule has 5 nitrogen and oxygen atoms in total. The van der Waals surface area contributed by atoms with Crippen LogP contribution in [0.15, 0.2) is 53.4 Å². The maximum Gasteiger partial charge on any atom is 0.240 e. The maximum absolute atomic E-state index is 11.9. The minimum atomic E-state index is -3.42. The molecule has 0 radical (unpaired) electrons. The average molecular weight is 334 g/mol. The Bertz CT molecular complexity index is 743. The third-order valence-electron chi connectivity index (χ3n) is 3.71. The van der Waals surface area contributed by atoms with E-state index in [1.54, 1.807) is 25.3 Å². The SMILES string of the molecule is CNS(=O)(=O)c1cccc([C@H](C)NCc2ccc(OC)cc2)c1. The van der Waals surface area contributed by atoms with Gasteiger partial charge in [0.25, 0.3) is 0 Å². The summed E-state index contributed by atoms with van der Waals surface area (Å²) in [5, 5.41) is 3.39. The second-order valence-electron chi connectivity index (χ2n) is 5.23. The summed E-state index contributed by atoms with van der Waals surface area (Å²) in [5.41, 5.74) is 2.06. The number of hydrogen-bond donors (Lipinski definition) is 2. The molecule has 0 aliphatic heterocycles. The van der Waals surface area contributed by atoms with E-state index in [4.69, 9.17) is 4.74 Å². The Kier molecular flexibility index (Phi) is 5.76. The van der Waals surface area contributed by atoms with Crippen LogP contribution in [0.3, 0.4) is 0 Å². The maximum atomic E-state index is 11.9. The van der Waals surface area contributed by atoms with Gasteiger partial charge in [0.2, 0.25) is 10.0 Å². The van der Waals surface area contributed by atoms with E-state index in [0.29, 0.717) is 6.54 Å². The van der Waals surface area contributed by atoms with Gasteiger partial charge < -0.3 is 10.1 Å². The molecule has 0 aromatic heterocycles. The van der Waals surface area contributed by atoms with Gasteiger partial charge in [0, 0.05) is 12.6 Å². The predicted molar refractivity (Wildman–Crippen MR) is 90.9 cm³/mol. The molecule has 2 aromatic carbocycles. The van der Waals surface area contributed by atoms with Crippen LogP contribution >= 0.6 is 0 Å². The van der Waals surface area contributed by atoms with E-state index < -0.39 is 10.0 Å². The first-order valence-electron chi connectivity index (χ1n) is 7.36. The first-order valence-corrected chi connectivity index (χ1v) is 8.84. The van der Waals surface area contributed by atoms with Crippen LogP contribution in [0, 0.1) is 0 Å². The van der Waals surface area contributed by atoms with Gasteiger partial charge in [-0.25, -0.2) is 13.1 Å². The van der Waals surface area contributed by atoms with E-state index in [1.165, 1.54) is 7.05 Å². The molecule has 124 valence electrons. The van der Waals surface area contributed by atoms with Crippen LogP contribution in [-0.2, 0) is 16.6 Å². The van der Waals surface area contributed by atoms with Gasteiger partial charge in [-0.3, -0.25) is 0 Å². The molecule has 1 atom stereocenters. The number of rotatable bonds is 7. The fraction of sp³-hybridized carbons (Fsp3) is 0.294. The van der Waals surface area contributed by atoms with E-state index in [2.05, 4.69) is 10.0 Å². The minimum Gasteiger partial charge on any atom is -0.497 e. The van der Waals surface area contributed by atoms with Gasteiger partial charge in [-0.05, 0) is 49.4 Å². The van der Waals surface area contributed by atoms with Gasteiger partial charge in [-0.15, -0.1) is 0 Å². The molecule has 0 spiro atoms. The van der Waals surface area contributed by atoms with Gasteiger partial charge in [0.1, 0.15) is 5.75 Å². The van der Waals surface area contributed by atoms with Crippen molar-refractivity contribution in [2.75, 3.05) is 14.2 Å². The highest BCUT2D eigenvalue weighted by molar-refractivity contribution is 7.89. The number of ether oxygens (including phenoxy) is 1. The topological polar surface area (TPSA) is 67.4 Å². The lowest BCUT2D eigenvalue weighted by atomic mass is 10.1. The van der Waals surface area contributed by atoms with Gasteiger partial charge in [0.05, 0.1) is 12.0 Å². The van der Waals surface area contributed by atoms with Crippen molar-refractivity contribution in [2.24, 2.45) is 0 Å². The summed E-state index contributed by atoms with van der Waals surface area (Å²) in [6.07, 6.45) is 0. The van der Waals surface area contributed by atoms with Crippen molar-refractivity contribution in [1.82, 2.24) is 10.0 Å². The smallest absolute Gasteiger partial charge is 0.240 e. The van der Waals surface area contributed by atoms with Crippen LogP contribution in [0.5, 0.6) is 5.75 Å². The lowest BCUT2D eigenvalue weighted by molar-refractivity contribution is 0.414. The Morgan fingerprint density at radius 2 is 1.83 bits per heavy atom. The van der Waals surface area contributed by atoms with Crippen molar-refractivity contribution >= 4 is 10.0 Å². The summed E-state index contributed by atoms with van der Waals surface area (Å²) in [7, 11) is -0.370. The monoisotopic (exact) mass is 334 g/mol. The number of nitrogens with one attached hydrogen (secondary N) is 2. The Balaban J connectivity index is 2.05. The summed E-state index contributed by atoms with van der Waals surface area (Å²) in [6, 6.07) is 14.8. The van der Waals surface area contributed by atoms with Gasteiger partial charge in [0.15, 0.2) is 0 Å². The van der Waals surface area contributed by atoms with E-state index in [0.717, 1.165) is 16.9 Å². The molecule has 23 heavy (non-hydrogen) atoms. The van der Waals surface area contributed by atoms with Crippen LogP contribution in [0.1, 0.15) is 24.1 Å². The van der Waals surface area contributed by atoms with E-state index in [-0.39, 0.29) is 10.9 Å². The van der Waals surface area contributed by atoms with Crippen LogP contribution in [0.25, 0.3) is 0 Å². The van der Waals surface area contributed by atoms with Gasteiger partial charge in [-0.2, -0.15) is 0 Å². The van der Waals surface area contributed by atoms with Crippen molar-refractivity contribution in [2.45, 2.75) is 24.4 Å². The minimum absolute atomic E-state index is 0.0316. The summed E-state index contributed by atoms with van der Waals surface area (Å²) in [6.45, 7) is 2.70.